The number of unbranched alkanes of at least 4 members (excludes halogenated alkanes) is 9. The third-order valence-corrected chi connectivity index (χ3v) is 2.46. The molecule has 0 aromatic rings. The molecule has 14 heavy (non-hydrogen) atoms. The molecule has 0 heterocycles. The molecule has 0 aromatic carbocycles. The van der Waals surface area contributed by atoms with E-state index in [9.17, 15) is 0 Å². The van der Waals surface area contributed by atoms with Gasteiger partial charge in [0.15, 0.2) is 0 Å². The van der Waals surface area contributed by atoms with Gasteiger partial charge in [-0.15, -0.1) is 0 Å². The zero-order valence-electron chi connectivity index (χ0n) is 10.2. The summed E-state index contributed by atoms with van der Waals surface area (Å²) in [5, 5.41) is 0. The minimum Gasteiger partial charge on any atom is -0.307 e. The summed E-state index contributed by atoms with van der Waals surface area (Å²) in [5.41, 5.74) is 0. The van der Waals surface area contributed by atoms with Crippen molar-refractivity contribution in [1.29, 1.82) is 0 Å². The van der Waals surface area contributed by atoms with Crippen LogP contribution in [0.15, 0.2) is 0 Å². The van der Waals surface area contributed by atoms with E-state index in [2.05, 4.69) is 13.8 Å². The molecule has 0 aliphatic rings. The average molecular weight is 200 g/mol. The van der Waals surface area contributed by atoms with Gasteiger partial charge < -0.3 is 4.79 Å². The van der Waals surface area contributed by atoms with Crippen LogP contribution >= 0.6 is 0 Å². The van der Waals surface area contributed by atoms with Crippen LogP contribution in [0.3, 0.4) is 0 Å². The third-order valence-electron chi connectivity index (χ3n) is 2.46. The number of rotatable bonds is 9. The van der Waals surface area contributed by atoms with Gasteiger partial charge in [0, 0.05) is 0 Å². The summed E-state index contributed by atoms with van der Waals surface area (Å²) in [6.07, 6.45) is 14.4. The molecule has 86 valence electrons. The van der Waals surface area contributed by atoms with Crippen LogP contribution in [0, 0.1) is 0 Å². The lowest BCUT2D eigenvalue weighted by Crippen LogP contribution is -1.80. The van der Waals surface area contributed by atoms with E-state index in [0.29, 0.717) is 0 Å². The first-order valence-corrected chi connectivity index (χ1v) is 6.20. The molecule has 0 fully saturated rings. The maximum Gasteiger partial charge on any atom is 0.106 e. The fourth-order valence-corrected chi connectivity index (χ4v) is 1.56. The van der Waals surface area contributed by atoms with Crippen LogP contribution in [-0.2, 0) is 4.79 Å². The molecule has 0 saturated carbocycles. The molecule has 0 saturated heterocycles. The minimum atomic E-state index is 1.37. The summed E-state index contributed by atoms with van der Waals surface area (Å²) >= 11 is 0. The van der Waals surface area contributed by atoms with E-state index in [1.165, 1.54) is 64.2 Å². The first kappa shape index (κ1) is 16.1. The van der Waals surface area contributed by atoms with Gasteiger partial charge in [0.1, 0.15) is 6.79 Å². The highest BCUT2D eigenvalue weighted by molar-refractivity contribution is 5.10. The Bertz CT molecular complexity index is 71.3. The number of hydrogen-bond donors (Lipinski definition) is 0. The van der Waals surface area contributed by atoms with Crippen molar-refractivity contribution in [3.63, 3.8) is 0 Å². The lowest BCUT2D eigenvalue weighted by molar-refractivity contribution is -0.0979. The van der Waals surface area contributed by atoms with Crippen molar-refractivity contribution < 1.29 is 4.79 Å². The van der Waals surface area contributed by atoms with E-state index in [1.54, 1.807) is 0 Å². The highest BCUT2D eigenvalue weighted by Crippen LogP contribution is 2.09. The summed E-state index contributed by atoms with van der Waals surface area (Å²) < 4.78 is 0. The first-order chi connectivity index (χ1) is 6.91. The van der Waals surface area contributed by atoms with Crippen molar-refractivity contribution in [3.05, 3.63) is 0 Å². The van der Waals surface area contributed by atoms with E-state index in [1.807, 2.05) is 6.79 Å². The Morgan fingerprint density at radius 1 is 0.571 bits per heavy atom. The molecule has 0 aliphatic heterocycles. The van der Waals surface area contributed by atoms with Crippen LogP contribution in [0.1, 0.15) is 78.1 Å². The summed E-state index contributed by atoms with van der Waals surface area (Å²) in [7, 11) is 0. The largest absolute Gasteiger partial charge is 0.307 e. The summed E-state index contributed by atoms with van der Waals surface area (Å²) in [6, 6.07) is 0. The summed E-state index contributed by atoms with van der Waals surface area (Å²) in [6.45, 7) is 6.56. The molecule has 0 bridgehead atoms. The minimum absolute atomic E-state index is 1.37. The van der Waals surface area contributed by atoms with Crippen LogP contribution < -0.4 is 0 Å². The van der Waals surface area contributed by atoms with Crippen molar-refractivity contribution in [2.75, 3.05) is 0 Å². The second-order valence-corrected chi connectivity index (χ2v) is 3.83. The maximum atomic E-state index is 8.00. The summed E-state index contributed by atoms with van der Waals surface area (Å²) in [5.74, 6) is 0. The molecule has 1 heteroatoms. The molecule has 0 atom stereocenters. The standard InChI is InChI=1S/C12H26.CH2O/c1-3-5-7-9-11-12-10-8-6-4-2;1-2/h3-12H2,1-2H3;1H2. The molecule has 0 unspecified atom stereocenters. The maximum absolute atomic E-state index is 8.00. The Labute approximate surface area is 90.3 Å². The molecule has 0 aromatic heterocycles. The summed E-state index contributed by atoms with van der Waals surface area (Å²) in [4.78, 5) is 8.00. The molecular weight excluding hydrogens is 172 g/mol. The van der Waals surface area contributed by atoms with Crippen molar-refractivity contribution in [3.8, 4) is 0 Å². The van der Waals surface area contributed by atoms with E-state index < -0.39 is 0 Å². The van der Waals surface area contributed by atoms with Crippen molar-refractivity contribution in [2.24, 2.45) is 0 Å². The second kappa shape index (κ2) is 18.5. The highest BCUT2D eigenvalue weighted by Gasteiger charge is 1.90. The Balaban J connectivity index is 0. The zero-order valence-corrected chi connectivity index (χ0v) is 10.2. The van der Waals surface area contributed by atoms with Crippen molar-refractivity contribution in [2.45, 2.75) is 78.1 Å². The van der Waals surface area contributed by atoms with Crippen molar-refractivity contribution >= 4 is 6.79 Å². The lowest BCUT2D eigenvalue weighted by Gasteiger charge is -1.99. The second-order valence-electron chi connectivity index (χ2n) is 3.83. The first-order valence-electron chi connectivity index (χ1n) is 6.20. The Kier molecular flexibility index (Phi) is 21.2. The lowest BCUT2D eigenvalue weighted by atomic mass is 10.1. The van der Waals surface area contributed by atoms with Crippen LogP contribution in [0.2, 0.25) is 0 Å². The fourth-order valence-electron chi connectivity index (χ4n) is 1.56. The van der Waals surface area contributed by atoms with Gasteiger partial charge in [0.05, 0.1) is 0 Å². The molecule has 0 rings (SSSR count). The van der Waals surface area contributed by atoms with Crippen LogP contribution in [0.5, 0.6) is 0 Å². The molecule has 0 amide bonds. The predicted octanol–water partition coefficient (Wildman–Crippen LogP) is 4.74. The third kappa shape index (κ3) is 17.7. The van der Waals surface area contributed by atoms with Gasteiger partial charge in [-0.25, -0.2) is 0 Å². The van der Waals surface area contributed by atoms with Gasteiger partial charge in [-0.3, -0.25) is 0 Å². The Morgan fingerprint density at radius 2 is 0.786 bits per heavy atom. The molecule has 0 N–H and O–H groups in total. The normalized spacial score (nSPS) is 9.29. The van der Waals surface area contributed by atoms with E-state index in [4.69, 9.17) is 4.79 Å². The average Bonchev–Trinajstić information content (AvgIpc) is 2.25. The van der Waals surface area contributed by atoms with E-state index >= 15 is 0 Å². The van der Waals surface area contributed by atoms with Gasteiger partial charge in [0.2, 0.25) is 0 Å². The van der Waals surface area contributed by atoms with Gasteiger partial charge in [-0.2, -0.15) is 0 Å². The van der Waals surface area contributed by atoms with Crippen LogP contribution in [-0.4, -0.2) is 6.79 Å². The molecular formula is C13H28O. The smallest absolute Gasteiger partial charge is 0.106 e. The molecule has 0 aliphatic carbocycles. The molecule has 0 radical (unpaired) electrons. The van der Waals surface area contributed by atoms with Crippen molar-refractivity contribution in [1.82, 2.24) is 0 Å². The predicted molar refractivity (Wildman–Crippen MR) is 64.6 cm³/mol. The number of carbonyl (C=O) groups is 1. The number of hydrogen-bond acceptors (Lipinski definition) is 1. The van der Waals surface area contributed by atoms with E-state index in [0.717, 1.165) is 0 Å². The Morgan fingerprint density at radius 3 is 1.00 bits per heavy atom. The molecule has 0 spiro atoms. The van der Waals surface area contributed by atoms with Gasteiger partial charge in [0.25, 0.3) is 0 Å². The van der Waals surface area contributed by atoms with Gasteiger partial charge in [-0.1, -0.05) is 78.1 Å². The van der Waals surface area contributed by atoms with Gasteiger partial charge >= 0.3 is 0 Å². The number of carbonyl (C=O) groups excluding carboxylic acids is 1. The SMILES string of the molecule is C=O.CCCCCCCCCCCC. The van der Waals surface area contributed by atoms with Crippen LogP contribution in [0.25, 0.3) is 0 Å². The Hall–Kier alpha value is -0.330. The fraction of sp³-hybridized carbons (Fsp3) is 0.923. The molecule has 1 nitrogen and oxygen atoms in total. The van der Waals surface area contributed by atoms with E-state index in [-0.39, 0.29) is 0 Å². The van der Waals surface area contributed by atoms with Crippen LogP contribution in [0.4, 0.5) is 0 Å². The van der Waals surface area contributed by atoms with Gasteiger partial charge in [-0.05, 0) is 0 Å². The quantitative estimate of drug-likeness (QED) is 0.491. The topological polar surface area (TPSA) is 17.1 Å². The highest BCUT2D eigenvalue weighted by atomic mass is 16.1. The zero-order chi connectivity index (χ0) is 11.1. The monoisotopic (exact) mass is 200 g/mol.